The third-order valence-corrected chi connectivity index (χ3v) is 6.82. The highest BCUT2D eigenvalue weighted by Gasteiger charge is 2.47. The van der Waals surface area contributed by atoms with Crippen LogP contribution in [0.3, 0.4) is 0 Å². The minimum absolute atomic E-state index is 0.152. The van der Waals surface area contributed by atoms with E-state index in [2.05, 4.69) is 59.9 Å². The Bertz CT molecular complexity index is 1020. The van der Waals surface area contributed by atoms with Crippen molar-refractivity contribution in [3.8, 4) is 11.5 Å². The van der Waals surface area contributed by atoms with E-state index in [1.165, 1.54) is 46.7 Å². The summed E-state index contributed by atoms with van der Waals surface area (Å²) in [6.45, 7) is 1.00. The Morgan fingerprint density at radius 3 is 2.36 bits per heavy atom. The summed E-state index contributed by atoms with van der Waals surface area (Å²) < 4.78 is 11.2. The van der Waals surface area contributed by atoms with Gasteiger partial charge in [0.15, 0.2) is 11.5 Å². The van der Waals surface area contributed by atoms with Crippen LogP contribution in [0.15, 0.2) is 54.6 Å². The Kier molecular flexibility index (Phi) is 4.28. The highest BCUT2D eigenvalue weighted by molar-refractivity contribution is 5.83. The van der Waals surface area contributed by atoms with Crippen molar-refractivity contribution in [2.45, 2.75) is 37.1 Å². The van der Waals surface area contributed by atoms with Crippen LogP contribution in [0.5, 0.6) is 11.5 Å². The van der Waals surface area contributed by atoms with Crippen LogP contribution in [0.25, 0.3) is 10.8 Å². The highest BCUT2D eigenvalue weighted by atomic mass is 16.5. The van der Waals surface area contributed by atoms with Gasteiger partial charge in [0, 0.05) is 11.5 Å². The van der Waals surface area contributed by atoms with Gasteiger partial charge in [-0.2, -0.15) is 0 Å². The van der Waals surface area contributed by atoms with Crippen LogP contribution in [0.2, 0.25) is 0 Å². The molecule has 144 valence electrons. The Hall–Kier alpha value is -2.52. The Balaban J connectivity index is 1.63. The first kappa shape index (κ1) is 17.6. The van der Waals surface area contributed by atoms with E-state index >= 15 is 0 Å². The second-order valence-corrected chi connectivity index (χ2v) is 8.11. The summed E-state index contributed by atoms with van der Waals surface area (Å²) >= 11 is 0. The number of fused-ring (bicyclic) bond motifs is 2. The van der Waals surface area contributed by atoms with Gasteiger partial charge in [0.25, 0.3) is 0 Å². The third-order valence-electron chi connectivity index (χ3n) is 6.82. The van der Waals surface area contributed by atoms with E-state index < -0.39 is 0 Å². The predicted molar refractivity (Wildman–Crippen MR) is 113 cm³/mol. The molecule has 0 spiro atoms. The fourth-order valence-corrected chi connectivity index (χ4v) is 5.18. The van der Waals surface area contributed by atoms with Gasteiger partial charge in [-0.1, -0.05) is 48.9 Å². The van der Waals surface area contributed by atoms with E-state index in [9.17, 15) is 0 Å². The molecular formula is C25H27NO2. The summed E-state index contributed by atoms with van der Waals surface area (Å²) in [5, 5.41) is 6.49. The van der Waals surface area contributed by atoms with Gasteiger partial charge in [0.2, 0.25) is 0 Å². The monoisotopic (exact) mass is 373 g/mol. The van der Waals surface area contributed by atoms with E-state index in [0.717, 1.165) is 24.5 Å². The van der Waals surface area contributed by atoms with E-state index in [4.69, 9.17) is 9.47 Å². The number of nitrogens with one attached hydrogen (secondary N) is 1. The summed E-state index contributed by atoms with van der Waals surface area (Å²) in [4.78, 5) is 0. The molecule has 3 heteroatoms. The molecule has 1 saturated carbocycles. The topological polar surface area (TPSA) is 30.5 Å². The molecule has 3 aromatic carbocycles. The molecule has 3 aromatic rings. The zero-order chi connectivity index (χ0) is 19.1. The normalized spacial score (nSPS) is 20.3. The van der Waals surface area contributed by atoms with Crippen molar-refractivity contribution in [2.24, 2.45) is 0 Å². The molecule has 0 aromatic heterocycles. The van der Waals surface area contributed by atoms with Crippen LogP contribution in [-0.2, 0) is 11.8 Å². The number of methoxy groups -OCH3 is 2. The summed E-state index contributed by atoms with van der Waals surface area (Å²) in [7, 11) is 3.43. The maximum absolute atomic E-state index is 5.63. The second kappa shape index (κ2) is 6.82. The quantitative estimate of drug-likeness (QED) is 0.685. The van der Waals surface area contributed by atoms with Crippen LogP contribution < -0.4 is 14.8 Å². The molecule has 0 saturated heterocycles. The van der Waals surface area contributed by atoms with Crippen LogP contribution >= 0.6 is 0 Å². The van der Waals surface area contributed by atoms with E-state index in [0.29, 0.717) is 6.04 Å². The van der Waals surface area contributed by atoms with Crippen molar-refractivity contribution < 1.29 is 9.47 Å². The van der Waals surface area contributed by atoms with Crippen LogP contribution in [0, 0.1) is 0 Å². The Morgan fingerprint density at radius 2 is 1.64 bits per heavy atom. The predicted octanol–water partition coefficient (Wildman–Crippen LogP) is 5.17. The van der Waals surface area contributed by atoms with Crippen molar-refractivity contribution in [3.63, 3.8) is 0 Å². The minimum Gasteiger partial charge on any atom is -0.493 e. The Labute approximate surface area is 166 Å². The lowest BCUT2D eigenvalue weighted by molar-refractivity contribution is 0.164. The van der Waals surface area contributed by atoms with Gasteiger partial charge < -0.3 is 14.8 Å². The number of hydrogen-bond acceptors (Lipinski definition) is 3. The first-order valence-electron chi connectivity index (χ1n) is 10.2. The van der Waals surface area contributed by atoms with Gasteiger partial charge in [0.1, 0.15) is 0 Å². The van der Waals surface area contributed by atoms with Gasteiger partial charge in [-0.3, -0.25) is 0 Å². The molecular weight excluding hydrogens is 346 g/mol. The van der Waals surface area contributed by atoms with Crippen LogP contribution in [-0.4, -0.2) is 20.8 Å². The smallest absolute Gasteiger partial charge is 0.161 e. The lowest BCUT2D eigenvalue weighted by Crippen LogP contribution is -2.49. The van der Waals surface area contributed by atoms with Crippen molar-refractivity contribution in [3.05, 3.63) is 71.3 Å². The molecule has 1 aliphatic heterocycles. The van der Waals surface area contributed by atoms with Gasteiger partial charge in [0.05, 0.1) is 14.2 Å². The molecule has 1 unspecified atom stereocenters. The zero-order valence-electron chi connectivity index (χ0n) is 16.6. The van der Waals surface area contributed by atoms with E-state index in [1.54, 1.807) is 14.2 Å². The molecule has 5 rings (SSSR count). The molecule has 0 amide bonds. The SMILES string of the molecule is COc1cc2c(cc1OC)C(C1(c3ccc4ccccc4c3)CCC1)NCC2. The molecule has 1 fully saturated rings. The summed E-state index contributed by atoms with van der Waals surface area (Å²) in [6, 6.07) is 20.4. The molecule has 3 nitrogen and oxygen atoms in total. The highest BCUT2D eigenvalue weighted by Crippen LogP contribution is 2.54. The largest absolute Gasteiger partial charge is 0.493 e. The number of hydrogen-bond donors (Lipinski definition) is 1. The summed E-state index contributed by atoms with van der Waals surface area (Å²) in [5.41, 5.74) is 4.36. The van der Waals surface area contributed by atoms with Crippen molar-refractivity contribution >= 4 is 10.8 Å². The van der Waals surface area contributed by atoms with Crippen LogP contribution in [0.1, 0.15) is 42.0 Å². The van der Waals surface area contributed by atoms with Crippen molar-refractivity contribution in [1.82, 2.24) is 5.32 Å². The molecule has 1 N–H and O–H groups in total. The molecule has 28 heavy (non-hydrogen) atoms. The van der Waals surface area contributed by atoms with Crippen molar-refractivity contribution in [1.29, 1.82) is 0 Å². The maximum atomic E-state index is 5.63. The molecule has 0 radical (unpaired) electrons. The first-order valence-corrected chi connectivity index (χ1v) is 10.2. The Morgan fingerprint density at radius 1 is 0.893 bits per heavy atom. The fraction of sp³-hybridized carbons (Fsp3) is 0.360. The van der Waals surface area contributed by atoms with Gasteiger partial charge in [-0.15, -0.1) is 0 Å². The number of ether oxygens (including phenoxy) is 2. The fourth-order valence-electron chi connectivity index (χ4n) is 5.18. The standard InChI is InChI=1S/C25H27NO2/c1-27-22-15-19-10-13-26-24(21(19)16-23(22)28-2)25(11-5-12-25)20-9-8-17-6-3-4-7-18(17)14-20/h3-4,6-9,14-16,24,26H,5,10-13H2,1-2H3. The summed E-state index contributed by atoms with van der Waals surface area (Å²) in [5.74, 6) is 1.65. The molecule has 1 heterocycles. The first-order chi connectivity index (χ1) is 13.7. The zero-order valence-corrected chi connectivity index (χ0v) is 16.6. The van der Waals surface area contributed by atoms with E-state index in [-0.39, 0.29) is 5.41 Å². The lowest BCUT2D eigenvalue weighted by Gasteiger charge is -2.50. The number of benzene rings is 3. The molecule has 1 atom stereocenters. The molecule has 2 aliphatic rings. The van der Waals surface area contributed by atoms with Crippen molar-refractivity contribution in [2.75, 3.05) is 20.8 Å². The number of rotatable bonds is 4. The minimum atomic E-state index is 0.152. The average Bonchev–Trinajstić information content (AvgIpc) is 2.72. The van der Waals surface area contributed by atoms with E-state index in [1.807, 2.05) is 0 Å². The van der Waals surface area contributed by atoms with Gasteiger partial charge >= 0.3 is 0 Å². The van der Waals surface area contributed by atoms with Gasteiger partial charge in [-0.25, -0.2) is 0 Å². The summed E-state index contributed by atoms with van der Waals surface area (Å²) in [6.07, 6.45) is 4.75. The molecule has 1 aliphatic carbocycles. The molecule has 0 bridgehead atoms. The lowest BCUT2D eigenvalue weighted by atomic mass is 9.57. The maximum Gasteiger partial charge on any atom is 0.161 e. The van der Waals surface area contributed by atoms with Crippen LogP contribution in [0.4, 0.5) is 0 Å². The van der Waals surface area contributed by atoms with Gasteiger partial charge in [-0.05, 0) is 65.4 Å². The average molecular weight is 373 g/mol. The second-order valence-electron chi connectivity index (χ2n) is 8.11. The third kappa shape index (κ3) is 2.61.